The van der Waals surface area contributed by atoms with Crippen LogP contribution in [0.4, 0.5) is 0 Å². The predicted octanol–water partition coefficient (Wildman–Crippen LogP) is 2.17. The predicted molar refractivity (Wildman–Crippen MR) is 103 cm³/mol. The first-order valence-electron chi connectivity index (χ1n) is 9.14. The number of hydrogen-bond donors (Lipinski definition) is 3. The lowest BCUT2D eigenvalue weighted by Crippen LogP contribution is -2.55. The highest BCUT2D eigenvalue weighted by Gasteiger charge is 2.27. The second-order valence-corrected chi connectivity index (χ2v) is 7.06. The highest BCUT2D eigenvalue weighted by Crippen LogP contribution is 2.09. The summed E-state index contributed by atoms with van der Waals surface area (Å²) in [5, 5.41) is 8.32. The summed E-state index contributed by atoms with van der Waals surface area (Å²) in [6.07, 6.45) is 0.813. The molecule has 0 unspecified atom stereocenters. The molecule has 0 radical (unpaired) electrons. The molecule has 6 heteroatoms. The van der Waals surface area contributed by atoms with Gasteiger partial charge < -0.3 is 16.0 Å². The molecule has 0 aromatic heterocycles. The Morgan fingerprint density at radius 1 is 0.923 bits per heavy atom. The van der Waals surface area contributed by atoms with E-state index >= 15 is 0 Å². The van der Waals surface area contributed by atoms with Gasteiger partial charge in [0.25, 0.3) is 5.91 Å². The van der Waals surface area contributed by atoms with Crippen molar-refractivity contribution in [2.24, 2.45) is 5.92 Å². The number of carbonyl (C=O) groups is 3. The Morgan fingerprint density at radius 2 is 1.54 bits per heavy atom. The smallest absolute Gasteiger partial charge is 0.252 e. The van der Waals surface area contributed by atoms with Crippen molar-refractivity contribution < 1.29 is 14.4 Å². The normalized spacial score (nSPS) is 14.3. The molecule has 0 aliphatic carbocycles. The average molecular weight is 361 g/mol. The van der Waals surface area contributed by atoms with Gasteiger partial charge in [-0.1, -0.05) is 39.0 Å². The fourth-order valence-electron chi connectivity index (χ4n) is 2.42. The van der Waals surface area contributed by atoms with Gasteiger partial charge in [0.1, 0.15) is 12.1 Å². The van der Waals surface area contributed by atoms with Gasteiger partial charge in [-0.2, -0.15) is 0 Å². The Morgan fingerprint density at radius 3 is 2.08 bits per heavy atom. The Kier molecular flexibility index (Phi) is 8.29. The quantitative estimate of drug-likeness (QED) is 0.663. The van der Waals surface area contributed by atoms with Crippen LogP contribution < -0.4 is 16.0 Å². The molecule has 3 atom stereocenters. The molecule has 26 heavy (non-hydrogen) atoms. The van der Waals surface area contributed by atoms with E-state index in [4.69, 9.17) is 0 Å². The van der Waals surface area contributed by atoms with Crippen LogP contribution >= 0.6 is 0 Å². The Bertz CT molecular complexity index is 643. The molecule has 0 heterocycles. The summed E-state index contributed by atoms with van der Waals surface area (Å²) in [5.41, 5.74) is 1.38. The fraction of sp³-hybridized carbons (Fsp3) is 0.550. The van der Waals surface area contributed by atoms with Crippen molar-refractivity contribution in [3.8, 4) is 0 Å². The van der Waals surface area contributed by atoms with E-state index in [0.717, 1.165) is 12.0 Å². The summed E-state index contributed by atoms with van der Waals surface area (Å²) < 4.78 is 0. The van der Waals surface area contributed by atoms with Crippen LogP contribution in [-0.4, -0.2) is 35.8 Å². The van der Waals surface area contributed by atoms with E-state index in [1.54, 1.807) is 19.1 Å². The van der Waals surface area contributed by atoms with Gasteiger partial charge in [-0.25, -0.2) is 0 Å². The summed E-state index contributed by atoms with van der Waals surface area (Å²) in [7, 11) is 0. The molecule has 0 fully saturated rings. The lowest BCUT2D eigenvalue weighted by Gasteiger charge is -2.24. The number of carbonyl (C=O) groups excluding carboxylic acids is 3. The molecule has 0 spiro atoms. The van der Waals surface area contributed by atoms with Crippen molar-refractivity contribution in [1.29, 1.82) is 0 Å². The lowest BCUT2D eigenvalue weighted by atomic mass is 10.0. The van der Waals surface area contributed by atoms with Gasteiger partial charge in [0.2, 0.25) is 11.8 Å². The van der Waals surface area contributed by atoms with Crippen molar-refractivity contribution in [2.75, 3.05) is 0 Å². The second-order valence-electron chi connectivity index (χ2n) is 7.06. The van der Waals surface area contributed by atoms with Crippen LogP contribution in [0.2, 0.25) is 0 Å². The highest BCUT2D eigenvalue weighted by atomic mass is 16.2. The number of aryl methyl sites for hydroxylation is 1. The maximum atomic E-state index is 12.6. The van der Waals surface area contributed by atoms with Crippen LogP contribution in [0.25, 0.3) is 0 Å². The van der Waals surface area contributed by atoms with E-state index in [9.17, 15) is 14.4 Å². The first kappa shape index (κ1) is 21.7. The van der Waals surface area contributed by atoms with E-state index in [2.05, 4.69) is 16.0 Å². The third-order valence-corrected chi connectivity index (χ3v) is 4.38. The minimum atomic E-state index is -0.721. The fourth-order valence-corrected chi connectivity index (χ4v) is 2.42. The van der Waals surface area contributed by atoms with Crippen molar-refractivity contribution in [3.63, 3.8) is 0 Å². The van der Waals surface area contributed by atoms with Gasteiger partial charge in [0.05, 0.1) is 0 Å². The minimum absolute atomic E-state index is 0.0449. The van der Waals surface area contributed by atoms with Gasteiger partial charge in [-0.3, -0.25) is 14.4 Å². The van der Waals surface area contributed by atoms with E-state index in [0.29, 0.717) is 5.56 Å². The van der Waals surface area contributed by atoms with Crippen molar-refractivity contribution >= 4 is 17.7 Å². The topological polar surface area (TPSA) is 87.3 Å². The molecule has 3 amide bonds. The number of hydrogen-bond acceptors (Lipinski definition) is 3. The molecule has 3 N–H and O–H groups in total. The minimum Gasteiger partial charge on any atom is -0.352 e. The lowest BCUT2D eigenvalue weighted by molar-refractivity contribution is -0.130. The third kappa shape index (κ3) is 6.17. The van der Waals surface area contributed by atoms with E-state index in [1.807, 2.05) is 46.8 Å². The summed E-state index contributed by atoms with van der Waals surface area (Å²) in [4.78, 5) is 37.2. The zero-order chi connectivity index (χ0) is 19.9. The summed E-state index contributed by atoms with van der Waals surface area (Å²) in [5.74, 6) is -1.02. The second kappa shape index (κ2) is 9.94. The maximum absolute atomic E-state index is 12.6. The summed E-state index contributed by atoms with van der Waals surface area (Å²) >= 11 is 0. The van der Waals surface area contributed by atoms with Gasteiger partial charge in [0.15, 0.2) is 0 Å². The van der Waals surface area contributed by atoms with Gasteiger partial charge in [0, 0.05) is 11.6 Å². The van der Waals surface area contributed by atoms with Gasteiger partial charge in [-0.15, -0.1) is 0 Å². The molecule has 1 aromatic rings. The van der Waals surface area contributed by atoms with Crippen LogP contribution in [0.15, 0.2) is 24.3 Å². The zero-order valence-electron chi connectivity index (χ0n) is 16.6. The van der Waals surface area contributed by atoms with Gasteiger partial charge in [-0.05, 0) is 44.7 Å². The molecular weight excluding hydrogens is 330 g/mol. The SMILES string of the molecule is CC[C@H](C)NC(=O)[C@@H](C)NC(=O)[C@@H](NC(=O)c1ccccc1C)C(C)C. The molecule has 0 bridgehead atoms. The third-order valence-electron chi connectivity index (χ3n) is 4.38. The zero-order valence-corrected chi connectivity index (χ0v) is 16.6. The first-order chi connectivity index (χ1) is 12.2. The molecule has 0 saturated carbocycles. The Labute approximate surface area is 156 Å². The molecule has 1 aromatic carbocycles. The average Bonchev–Trinajstić information content (AvgIpc) is 2.58. The Hall–Kier alpha value is -2.37. The highest BCUT2D eigenvalue weighted by molar-refractivity contribution is 5.99. The van der Waals surface area contributed by atoms with Gasteiger partial charge >= 0.3 is 0 Å². The van der Waals surface area contributed by atoms with Crippen molar-refractivity contribution in [1.82, 2.24) is 16.0 Å². The van der Waals surface area contributed by atoms with Crippen molar-refractivity contribution in [3.05, 3.63) is 35.4 Å². The molecule has 1 rings (SSSR count). The standard InChI is InChI=1S/C20H31N3O3/c1-7-14(5)21-18(24)15(6)22-20(26)17(12(2)3)23-19(25)16-11-9-8-10-13(16)4/h8-12,14-15,17H,7H2,1-6H3,(H,21,24)(H,22,26)(H,23,25)/t14-,15+,17-/m0/s1. The molecule has 0 aliphatic heterocycles. The summed E-state index contributed by atoms with van der Waals surface area (Å²) in [6, 6.07) is 5.87. The molecule has 144 valence electrons. The number of amides is 3. The van der Waals surface area contributed by atoms with E-state index in [-0.39, 0.29) is 29.7 Å². The van der Waals surface area contributed by atoms with Crippen LogP contribution in [0.3, 0.4) is 0 Å². The van der Waals surface area contributed by atoms with E-state index < -0.39 is 12.1 Å². The Balaban J connectivity index is 2.77. The monoisotopic (exact) mass is 361 g/mol. The molecule has 0 aliphatic rings. The first-order valence-corrected chi connectivity index (χ1v) is 9.14. The largest absolute Gasteiger partial charge is 0.352 e. The molecule has 0 saturated heterocycles. The van der Waals surface area contributed by atoms with Crippen LogP contribution in [0.5, 0.6) is 0 Å². The van der Waals surface area contributed by atoms with Crippen LogP contribution in [-0.2, 0) is 9.59 Å². The van der Waals surface area contributed by atoms with Crippen LogP contribution in [0, 0.1) is 12.8 Å². The molecular formula is C20H31N3O3. The number of rotatable bonds is 8. The number of benzene rings is 1. The maximum Gasteiger partial charge on any atom is 0.252 e. The van der Waals surface area contributed by atoms with E-state index in [1.165, 1.54) is 0 Å². The summed E-state index contributed by atoms with van der Waals surface area (Å²) in [6.45, 7) is 11.1. The van der Waals surface area contributed by atoms with Crippen LogP contribution in [0.1, 0.15) is 57.0 Å². The molecule has 6 nitrogen and oxygen atoms in total. The number of nitrogens with one attached hydrogen (secondary N) is 3. The van der Waals surface area contributed by atoms with Crippen molar-refractivity contribution in [2.45, 2.75) is 66.1 Å².